The average Bonchev–Trinajstić information content (AvgIpc) is 2.32. The second kappa shape index (κ2) is 8.00. The van der Waals surface area contributed by atoms with E-state index in [0.29, 0.717) is 25.6 Å². The van der Waals surface area contributed by atoms with Crippen LogP contribution in [0.5, 0.6) is 0 Å². The molecule has 1 aromatic heterocycles. The van der Waals surface area contributed by atoms with E-state index in [1.165, 1.54) is 0 Å². The van der Waals surface area contributed by atoms with Crippen LogP contribution in [0.3, 0.4) is 0 Å². The van der Waals surface area contributed by atoms with Crippen LogP contribution in [0.1, 0.15) is 12.0 Å². The van der Waals surface area contributed by atoms with Gasteiger partial charge in [-0.25, -0.2) is 4.98 Å². The third kappa shape index (κ3) is 5.63. The summed E-state index contributed by atoms with van der Waals surface area (Å²) in [5, 5.41) is 0. The fourth-order valence-electron chi connectivity index (χ4n) is 1.49. The minimum absolute atomic E-state index is 0.0454. The van der Waals surface area contributed by atoms with Gasteiger partial charge in [0.1, 0.15) is 5.82 Å². The number of aromatic nitrogens is 1. The van der Waals surface area contributed by atoms with Crippen LogP contribution in [0.4, 0.5) is 5.82 Å². The first kappa shape index (κ1) is 13.9. The van der Waals surface area contributed by atoms with E-state index in [1.807, 2.05) is 12.1 Å². The van der Waals surface area contributed by atoms with Crippen molar-refractivity contribution in [1.82, 2.24) is 4.98 Å². The van der Waals surface area contributed by atoms with Crippen LogP contribution in [0.15, 0.2) is 18.3 Å². The van der Waals surface area contributed by atoms with Gasteiger partial charge in [0.15, 0.2) is 0 Å². The molecule has 0 aliphatic carbocycles. The molecule has 0 saturated carbocycles. The van der Waals surface area contributed by atoms with Gasteiger partial charge in [0.05, 0.1) is 13.2 Å². The van der Waals surface area contributed by atoms with Gasteiger partial charge in [-0.3, -0.25) is 0 Å². The number of hydrogen-bond donors (Lipinski definition) is 2. The van der Waals surface area contributed by atoms with Crippen LogP contribution in [0.25, 0.3) is 0 Å². The Bertz CT molecular complexity index is 320. The maximum absolute atomic E-state index is 5.99. The number of nitrogens with two attached hydrogens (primary N) is 2. The van der Waals surface area contributed by atoms with Crippen LogP contribution in [0.2, 0.25) is 0 Å². The third-order valence-corrected chi connectivity index (χ3v) is 2.47. The zero-order chi connectivity index (χ0) is 12.5. The van der Waals surface area contributed by atoms with Gasteiger partial charge in [-0.1, -0.05) is 6.07 Å². The maximum Gasteiger partial charge on any atom is 0.126 e. The second-order valence-electron chi connectivity index (χ2n) is 3.91. The van der Waals surface area contributed by atoms with Crippen LogP contribution in [-0.4, -0.2) is 38.0 Å². The highest BCUT2D eigenvalue weighted by Gasteiger charge is 2.07. The van der Waals surface area contributed by atoms with Crippen molar-refractivity contribution < 1.29 is 9.47 Å². The highest BCUT2D eigenvalue weighted by atomic mass is 16.5. The molecule has 0 fully saturated rings. The fraction of sp³-hybridized carbons (Fsp3) is 0.583. The summed E-state index contributed by atoms with van der Waals surface area (Å²) in [6, 6.07) is 3.87. The van der Waals surface area contributed by atoms with Crippen molar-refractivity contribution in [2.45, 2.75) is 18.9 Å². The average molecular weight is 239 g/mol. The molecule has 17 heavy (non-hydrogen) atoms. The molecule has 5 heteroatoms. The van der Waals surface area contributed by atoms with E-state index in [1.54, 1.807) is 13.3 Å². The number of nitrogens with zero attached hydrogens (tertiary/aromatic N) is 1. The minimum atomic E-state index is 0.0454. The predicted molar refractivity (Wildman–Crippen MR) is 67.6 cm³/mol. The van der Waals surface area contributed by atoms with E-state index in [9.17, 15) is 0 Å². The summed E-state index contributed by atoms with van der Waals surface area (Å²) >= 11 is 0. The standard InChI is InChI=1S/C12H21N3O2/c1-16-7-8-17-6-4-11(13)9-10-3-2-5-15-12(10)14/h2-3,5,11H,4,6-9,13H2,1H3,(H2,14,15). The Kier molecular flexibility index (Phi) is 6.54. The molecule has 1 heterocycles. The first-order valence-electron chi connectivity index (χ1n) is 5.75. The lowest BCUT2D eigenvalue weighted by Gasteiger charge is -2.12. The van der Waals surface area contributed by atoms with Crippen molar-refractivity contribution in [2.24, 2.45) is 5.73 Å². The number of methoxy groups -OCH3 is 1. The summed E-state index contributed by atoms with van der Waals surface area (Å²) in [5.74, 6) is 0.559. The van der Waals surface area contributed by atoms with Crippen molar-refractivity contribution in [3.05, 3.63) is 23.9 Å². The quantitative estimate of drug-likeness (QED) is 0.649. The maximum atomic E-state index is 5.99. The number of ether oxygens (including phenoxy) is 2. The second-order valence-corrected chi connectivity index (χ2v) is 3.91. The number of nitrogen functional groups attached to an aromatic ring is 1. The normalized spacial score (nSPS) is 12.6. The van der Waals surface area contributed by atoms with Gasteiger partial charge >= 0.3 is 0 Å². The predicted octanol–water partition coefficient (Wildman–Crippen LogP) is 0.587. The zero-order valence-electron chi connectivity index (χ0n) is 10.3. The molecule has 96 valence electrons. The summed E-state index contributed by atoms with van der Waals surface area (Å²) in [6.45, 7) is 1.87. The SMILES string of the molecule is COCCOCCC(N)Cc1cccnc1N. The smallest absolute Gasteiger partial charge is 0.126 e. The highest BCUT2D eigenvalue weighted by molar-refractivity contribution is 5.38. The summed E-state index contributed by atoms with van der Waals surface area (Å²) in [6.07, 6.45) is 3.21. The summed E-state index contributed by atoms with van der Waals surface area (Å²) in [4.78, 5) is 4.03. The Hall–Kier alpha value is -1.17. The summed E-state index contributed by atoms with van der Waals surface area (Å²) in [5.41, 5.74) is 12.7. The topological polar surface area (TPSA) is 83.4 Å². The number of hydrogen-bond acceptors (Lipinski definition) is 5. The van der Waals surface area contributed by atoms with E-state index in [4.69, 9.17) is 20.9 Å². The van der Waals surface area contributed by atoms with E-state index < -0.39 is 0 Å². The molecule has 0 aromatic carbocycles. The molecule has 5 nitrogen and oxygen atoms in total. The summed E-state index contributed by atoms with van der Waals surface area (Å²) in [7, 11) is 1.65. The fourth-order valence-corrected chi connectivity index (χ4v) is 1.49. The van der Waals surface area contributed by atoms with Crippen molar-refractivity contribution in [3.63, 3.8) is 0 Å². The van der Waals surface area contributed by atoms with Gasteiger partial charge < -0.3 is 20.9 Å². The molecule has 0 aliphatic heterocycles. The third-order valence-electron chi connectivity index (χ3n) is 2.47. The first-order valence-corrected chi connectivity index (χ1v) is 5.75. The van der Waals surface area contributed by atoms with E-state index >= 15 is 0 Å². The van der Waals surface area contributed by atoms with Crippen molar-refractivity contribution in [2.75, 3.05) is 32.7 Å². The van der Waals surface area contributed by atoms with Crippen LogP contribution in [0, 0.1) is 0 Å². The molecule has 1 aromatic rings. The molecule has 1 rings (SSSR count). The lowest BCUT2D eigenvalue weighted by atomic mass is 10.1. The molecule has 1 unspecified atom stereocenters. The van der Waals surface area contributed by atoms with Crippen LogP contribution in [-0.2, 0) is 15.9 Å². The zero-order valence-corrected chi connectivity index (χ0v) is 10.3. The lowest BCUT2D eigenvalue weighted by molar-refractivity contribution is 0.0672. The largest absolute Gasteiger partial charge is 0.383 e. The molecule has 4 N–H and O–H groups in total. The number of pyridine rings is 1. The lowest BCUT2D eigenvalue weighted by Crippen LogP contribution is -2.25. The van der Waals surface area contributed by atoms with Crippen LogP contribution < -0.4 is 11.5 Å². The molecule has 0 amide bonds. The molecule has 0 saturated heterocycles. The minimum Gasteiger partial charge on any atom is -0.383 e. The van der Waals surface area contributed by atoms with E-state index in [2.05, 4.69) is 4.98 Å². The molecular weight excluding hydrogens is 218 g/mol. The van der Waals surface area contributed by atoms with Gasteiger partial charge in [0.2, 0.25) is 0 Å². The highest BCUT2D eigenvalue weighted by Crippen LogP contribution is 2.10. The molecule has 0 bridgehead atoms. The van der Waals surface area contributed by atoms with E-state index in [-0.39, 0.29) is 6.04 Å². The molecular formula is C12H21N3O2. The van der Waals surface area contributed by atoms with Gasteiger partial charge in [-0.2, -0.15) is 0 Å². The molecule has 0 spiro atoms. The number of rotatable bonds is 8. The Labute approximate surface area is 102 Å². The van der Waals surface area contributed by atoms with Crippen molar-refractivity contribution in [3.8, 4) is 0 Å². The number of anilines is 1. The van der Waals surface area contributed by atoms with Gasteiger partial charge in [-0.15, -0.1) is 0 Å². The van der Waals surface area contributed by atoms with Crippen molar-refractivity contribution in [1.29, 1.82) is 0 Å². The van der Waals surface area contributed by atoms with E-state index in [0.717, 1.165) is 18.4 Å². The summed E-state index contributed by atoms with van der Waals surface area (Å²) < 4.78 is 10.2. The molecule has 1 atom stereocenters. The van der Waals surface area contributed by atoms with Crippen molar-refractivity contribution >= 4 is 5.82 Å². The Morgan fingerprint density at radius 3 is 2.88 bits per heavy atom. The first-order chi connectivity index (χ1) is 8.24. The van der Waals surface area contributed by atoms with Gasteiger partial charge in [0, 0.05) is 26.0 Å². The van der Waals surface area contributed by atoms with Crippen LogP contribution >= 0.6 is 0 Å². The molecule has 0 aliphatic rings. The molecule has 0 radical (unpaired) electrons. The van der Waals surface area contributed by atoms with Gasteiger partial charge in [-0.05, 0) is 24.5 Å². The Balaban J connectivity index is 2.21. The Morgan fingerprint density at radius 2 is 2.18 bits per heavy atom. The monoisotopic (exact) mass is 239 g/mol. The van der Waals surface area contributed by atoms with Gasteiger partial charge in [0.25, 0.3) is 0 Å². The Morgan fingerprint density at radius 1 is 1.35 bits per heavy atom.